The first kappa shape index (κ1) is 18.5. The summed E-state index contributed by atoms with van der Waals surface area (Å²) in [5.74, 6) is -4.67. The first-order valence-electron chi connectivity index (χ1n) is 7.71. The van der Waals surface area contributed by atoms with Gasteiger partial charge in [-0.15, -0.1) is 0 Å². The minimum Gasteiger partial charge on any atom is -0.317 e. The van der Waals surface area contributed by atoms with Crippen LogP contribution in [0.25, 0.3) is 5.69 Å². The number of carbonyl (C=O) groups excluding carboxylic acids is 1. The van der Waals surface area contributed by atoms with Gasteiger partial charge in [-0.25, -0.2) is 17.6 Å². The largest absolute Gasteiger partial charge is 0.317 e. The van der Waals surface area contributed by atoms with Crippen LogP contribution in [-0.2, 0) is 0 Å². The smallest absolute Gasteiger partial charge is 0.255 e. The molecule has 3 rings (SSSR count). The molecule has 1 aromatic heterocycles. The van der Waals surface area contributed by atoms with Crippen LogP contribution in [0.15, 0.2) is 59.5 Å². The van der Waals surface area contributed by atoms with Gasteiger partial charge in [-0.3, -0.25) is 14.2 Å². The zero-order valence-corrected chi connectivity index (χ0v) is 13.6. The van der Waals surface area contributed by atoms with Crippen molar-refractivity contribution in [2.75, 3.05) is 0 Å². The van der Waals surface area contributed by atoms with Gasteiger partial charge in [-0.2, -0.15) is 0 Å². The molecule has 0 aliphatic heterocycles. The van der Waals surface area contributed by atoms with Crippen LogP contribution in [0.4, 0.5) is 17.6 Å². The van der Waals surface area contributed by atoms with Crippen LogP contribution in [0.2, 0.25) is 0 Å². The third-order valence-corrected chi connectivity index (χ3v) is 3.95. The Bertz CT molecular complexity index is 1080. The van der Waals surface area contributed by atoms with Crippen molar-refractivity contribution in [3.05, 3.63) is 99.5 Å². The Labute approximate surface area is 150 Å². The Hall–Kier alpha value is -3.26. The van der Waals surface area contributed by atoms with Gasteiger partial charge in [0.15, 0.2) is 5.78 Å². The van der Waals surface area contributed by atoms with Gasteiger partial charge in [0, 0.05) is 29.5 Å². The molecule has 2 aromatic carbocycles. The molecule has 1 atom stereocenters. The molecule has 8 heteroatoms. The van der Waals surface area contributed by atoms with Gasteiger partial charge in [0.2, 0.25) is 0 Å². The fourth-order valence-electron chi connectivity index (χ4n) is 2.60. The summed E-state index contributed by atoms with van der Waals surface area (Å²) in [5, 5.41) is 0. The van der Waals surface area contributed by atoms with Crippen LogP contribution in [0.3, 0.4) is 0 Å². The van der Waals surface area contributed by atoms with Gasteiger partial charge < -0.3 is 5.73 Å². The molecule has 0 aliphatic carbocycles. The van der Waals surface area contributed by atoms with Crippen molar-refractivity contribution in [2.24, 2.45) is 5.73 Å². The number of hydrogen-bond donors (Lipinski definition) is 1. The van der Waals surface area contributed by atoms with E-state index >= 15 is 0 Å². The average molecular weight is 376 g/mol. The van der Waals surface area contributed by atoms with E-state index in [9.17, 15) is 27.2 Å². The molecule has 0 amide bonds. The van der Waals surface area contributed by atoms with Crippen LogP contribution in [0.5, 0.6) is 0 Å². The lowest BCUT2D eigenvalue weighted by molar-refractivity contribution is 0.0959. The lowest BCUT2D eigenvalue weighted by Gasteiger charge is -2.14. The Morgan fingerprint density at radius 3 is 2.22 bits per heavy atom. The van der Waals surface area contributed by atoms with E-state index in [0.717, 1.165) is 48.7 Å². The lowest BCUT2D eigenvalue weighted by Crippen LogP contribution is -2.26. The van der Waals surface area contributed by atoms with Gasteiger partial charge in [0.25, 0.3) is 5.56 Å². The molecule has 1 heterocycles. The van der Waals surface area contributed by atoms with E-state index in [1.807, 2.05) is 0 Å². The number of para-hydroxylation sites is 1. The Morgan fingerprint density at radius 2 is 1.59 bits per heavy atom. The molecule has 0 fully saturated rings. The van der Waals surface area contributed by atoms with Gasteiger partial charge in [-0.1, -0.05) is 12.1 Å². The predicted octanol–water partition coefficient (Wildman–Crippen LogP) is 3.28. The molecule has 1 unspecified atom stereocenters. The number of Topliss-reactive ketones (excluding diaryl/α,β-unsaturated/α-hetero) is 1. The summed E-state index contributed by atoms with van der Waals surface area (Å²) < 4.78 is 55.5. The van der Waals surface area contributed by atoms with Crippen LogP contribution in [-0.4, -0.2) is 10.4 Å². The maximum absolute atomic E-state index is 14.0. The second-order valence-electron chi connectivity index (χ2n) is 5.70. The molecule has 0 saturated carbocycles. The molecule has 0 aliphatic rings. The summed E-state index contributed by atoms with van der Waals surface area (Å²) in [5.41, 5.74) is 3.90. The SMILES string of the molecule is NC(C(=O)c1ccc(=O)n(-c2c(F)cccc2F)c1)c1ccc(F)cc1F. The highest BCUT2D eigenvalue weighted by atomic mass is 19.1. The maximum atomic E-state index is 14.0. The van der Waals surface area contributed by atoms with E-state index in [-0.39, 0.29) is 11.1 Å². The quantitative estimate of drug-likeness (QED) is 0.561. The molecule has 0 bridgehead atoms. The van der Waals surface area contributed by atoms with Crippen LogP contribution < -0.4 is 11.3 Å². The highest BCUT2D eigenvalue weighted by Crippen LogP contribution is 2.21. The molecule has 0 spiro atoms. The van der Waals surface area contributed by atoms with E-state index < -0.39 is 46.3 Å². The van der Waals surface area contributed by atoms with Crippen molar-refractivity contribution in [1.29, 1.82) is 0 Å². The number of aromatic nitrogens is 1. The number of carbonyl (C=O) groups is 1. The number of hydrogen-bond acceptors (Lipinski definition) is 3. The van der Waals surface area contributed by atoms with Crippen molar-refractivity contribution >= 4 is 5.78 Å². The summed E-state index contributed by atoms with van der Waals surface area (Å²) >= 11 is 0. The van der Waals surface area contributed by atoms with E-state index in [0.29, 0.717) is 10.6 Å². The molecule has 4 nitrogen and oxygen atoms in total. The van der Waals surface area contributed by atoms with Crippen LogP contribution in [0.1, 0.15) is 22.0 Å². The molecular formula is C19H12F4N2O2. The topological polar surface area (TPSA) is 65.1 Å². The molecule has 2 N–H and O–H groups in total. The average Bonchev–Trinajstić information content (AvgIpc) is 2.62. The highest BCUT2D eigenvalue weighted by molar-refractivity contribution is 6.00. The monoisotopic (exact) mass is 376 g/mol. The third kappa shape index (κ3) is 3.52. The summed E-state index contributed by atoms with van der Waals surface area (Å²) in [7, 11) is 0. The zero-order chi connectivity index (χ0) is 19.7. The number of benzene rings is 2. The lowest BCUT2D eigenvalue weighted by atomic mass is 9.98. The first-order chi connectivity index (χ1) is 12.8. The van der Waals surface area contributed by atoms with E-state index in [4.69, 9.17) is 5.73 Å². The molecule has 27 heavy (non-hydrogen) atoms. The number of nitrogens with zero attached hydrogens (tertiary/aromatic N) is 1. The van der Waals surface area contributed by atoms with Crippen molar-refractivity contribution in [3.8, 4) is 5.69 Å². The number of rotatable bonds is 4. The number of nitrogens with two attached hydrogens (primary N) is 1. The second-order valence-corrected chi connectivity index (χ2v) is 5.70. The maximum Gasteiger partial charge on any atom is 0.255 e. The summed E-state index contributed by atoms with van der Waals surface area (Å²) in [6.45, 7) is 0. The van der Waals surface area contributed by atoms with E-state index in [1.165, 1.54) is 0 Å². The predicted molar refractivity (Wildman–Crippen MR) is 89.6 cm³/mol. The standard InChI is InChI=1S/C19H12F4N2O2/c20-11-5-6-12(15(23)8-11)17(24)19(27)10-4-7-16(26)25(9-10)18-13(21)2-1-3-14(18)22/h1-9,17H,24H2. The van der Waals surface area contributed by atoms with Gasteiger partial charge in [-0.05, 0) is 24.3 Å². The van der Waals surface area contributed by atoms with Gasteiger partial charge in [0.1, 0.15) is 29.0 Å². The normalized spacial score (nSPS) is 12.0. The van der Waals surface area contributed by atoms with Gasteiger partial charge >= 0.3 is 0 Å². The molecule has 3 aromatic rings. The van der Waals surface area contributed by atoms with Gasteiger partial charge in [0.05, 0.1) is 6.04 Å². The highest BCUT2D eigenvalue weighted by Gasteiger charge is 2.23. The number of halogens is 4. The minimum atomic E-state index is -1.50. The fourth-order valence-corrected chi connectivity index (χ4v) is 2.60. The van der Waals surface area contributed by atoms with Crippen molar-refractivity contribution < 1.29 is 22.4 Å². The zero-order valence-electron chi connectivity index (χ0n) is 13.6. The molecule has 0 radical (unpaired) electrons. The summed E-state index contributed by atoms with van der Waals surface area (Å²) in [4.78, 5) is 24.6. The molecule has 0 saturated heterocycles. The molecule has 138 valence electrons. The number of ketones is 1. The van der Waals surface area contributed by atoms with E-state index in [1.54, 1.807) is 0 Å². The van der Waals surface area contributed by atoms with Crippen molar-refractivity contribution in [3.63, 3.8) is 0 Å². The molecular weight excluding hydrogens is 364 g/mol. The summed E-state index contributed by atoms with van der Waals surface area (Å²) in [6.07, 6.45) is 0.924. The fraction of sp³-hybridized carbons (Fsp3) is 0.0526. The van der Waals surface area contributed by atoms with Crippen LogP contribution in [0, 0.1) is 23.3 Å². The second kappa shape index (κ2) is 7.16. The van der Waals surface area contributed by atoms with Crippen molar-refractivity contribution in [2.45, 2.75) is 6.04 Å². The Morgan fingerprint density at radius 1 is 0.926 bits per heavy atom. The Balaban J connectivity index is 2.05. The number of pyridine rings is 1. The van der Waals surface area contributed by atoms with Crippen LogP contribution >= 0.6 is 0 Å². The summed E-state index contributed by atoms with van der Waals surface area (Å²) in [6, 6.07) is 6.15. The minimum absolute atomic E-state index is 0.173. The Kier molecular flexibility index (Phi) is 4.91. The first-order valence-corrected chi connectivity index (χ1v) is 7.71. The van der Waals surface area contributed by atoms with Crippen molar-refractivity contribution in [1.82, 2.24) is 4.57 Å². The van der Waals surface area contributed by atoms with E-state index in [2.05, 4.69) is 0 Å². The third-order valence-electron chi connectivity index (χ3n) is 3.95.